The maximum Gasteiger partial charge on any atom is 0.418 e. The zero-order chi connectivity index (χ0) is 21.9. The van der Waals surface area contributed by atoms with Gasteiger partial charge in [0.2, 0.25) is 5.95 Å². The highest BCUT2D eigenvalue weighted by Gasteiger charge is 2.33. The van der Waals surface area contributed by atoms with Crippen LogP contribution in [0.1, 0.15) is 22.4 Å². The average molecular weight is 412 g/mol. The number of nitrogens with one attached hydrogen (secondary N) is 2. The van der Waals surface area contributed by atoms with E-state index in [0.29, 0.717) is 11.1 Å². The largest absolute Gasteiger partial charge is 0.418 e. The molecule has 0 atom stereocenters. The summed E-state index contributed by atoms with van der Waals surface area (Å²) in [6.07, 6.45) is -2.17. The maximum absolute atomic E-state index is 13.1. The number of pyridine rings is 1. The van der Waals surface area contributed by atoms with Gasteiger partial charge in [0.15, 0.2) is 0 Å². The second-order valence-corrected chi connectivity index (χ2v) is 6.15. The number of rotatable bonds is 5. The Kier molecular flexibility index (Phi) is 5.50. The molecule has 0 aliphatic heterocycles. The minimum absolute atomic E-state index is 0.0279. The number of alkyl halides is 3. The molecule has 152 valence electrons. The topological polar surface area (TPSA) is 150 Å². The summed E-state index contributed by atoms with van der Waals surface area (Å²) in [5, 5.41) is 19.7. The molecule has 11 heteroatoms. The second-order valence-electron chi connectivity index (χ2n) is 6.15. The highest BCUT2D eigenvalue weighted by Crippen LogP contribution is 2.34. The zero-order valence-corrected chi connectivity index (χ0v) is 15.3. The molecular weight excluding hydrogens is 397 g/mol. The van der Waals surface area contributed by atoms with Gasteiger partial charge in [-0.05, 0) is 29.8 Å². The SMILES string of the molecule is N#Cc1cc(-c2nc(N)nc(NCc3ccc(N)c(C(F)(F)F)c3)c2C=N)ccn1. The molecular formula is C19H15F3N8. The van der Waals surface area contributed by atoms with Crippen LogP contribution in [0.25, 0.3) is 11.3 Å². The first kappa shape index (κ1) is 20.5. The Labute approximate surface area is 168 Å². The molecule has 0 saturated carbocycles. The first-order valence-corrected chi connectivity index (χ1v) is 8.47. The lowest BCUT2D eigenvalue weighted by Crippen LogP contribution is -2.12. The Bertz CT molecular complexity index is 1150. The molecule has 6 N–H and O–H groups in total. The van der Waals surface area contributed by atoms with Gasteiger partial charge in [-0.15, -0.1) is 0 Å². The predicted octanol–water partition coefficient (Wildman–Crippen LogP) is 3.20. The number of nitrogen functional groups attached to an aromatic ring is 2. The molecule has 0 radical (unpaired) electrons. The number of hydrogen-bond acceptors (Lipinski definition) is 8. The van der Waals surface area contributed by atoms with Crippen LogP contribution in [-0.4, -0.2) is 21.2 Å². The van der Waals surface area contributed by atoms with Crippen molar-refractivity contribution in [3.8, 4) is 17.3 Å². The van der Waals surface area contributed by atoms with Crippen LogP contribution in [-0.2, 0) is 12.7 Å². The number of nitrogens with zero attached hydrogens (tertiary/aromatic N) is 4. The summed E-state index contributed by atoms with van der Waals surface area (Å²) in [7, 11) is 0. The van der Waals surface area contributed by atoms with Crippen LogP contribution in [0.15, 0.2) is 36.5 Å². The van der Waals surface area contributed by atoms with E-state index in [2.05, 4.69) is 20.3 Å². The van der Waals surface area contributed by atoms with E-state index in [9.17, 15) is 13.2 Å². The van der Waals surface area contributed by atoms with Gasteiger partial charge in [0.1, 0.15) is 17.6 Å². The Balaban J connectivity index is 1.97. The van der Waals surface area contributed by atoms with Crippen molar-refractivity contribution in [2.24, 2.45) is 0 Å². The molecule has 0 spiro atoms. The Morgan fingerprint density at radius 2 is 1.93 bits per heavy atom. The lowest BCUT2D eigenvalue weighted by Gasteiger charge is -2.15. The number of aromatic nitrogens is 3. The third-order valence-electron chi connectivity index (χ3n) is 4.14. The number of benzene rings is 1. The standard InChI is InChI=1S/C19H15F3N8/c20-19(21,22)14-5-10(1-2-15(14)25)9-28-17-13(8-24)16(29-18(26)30-17)11-3-4-27-12(6-11)7-23/h1-6,8,24H,9,25H2,(H3,26,28,29,30). The number of nitrogens with two attached hydrogens (primary N) is 2. The van der Waals surface area contributed by atoms with E-state index >= 15 is 0 Å². The highest BCUT2D eigenvalue weighted by molar-refractivity contribution is 5.93. The van der Waals surface area contributed by atoms with Crippen molar-refractivity contribution in [2.75, 3.05) is 16.8 Å². The van der Waals surface area contributed by atoms with Crippen LogP contribution >= 0.6 is 0 Å². The summed E-state index contributed by atoms with van der Waals surface area (Å²) < 4.78 is 39.2. The fourth-order valence-corrected chi connectivity index (χ4v) is 2.76. The monoisotopic (exact) mass is 412 g/mol. The van der Waals surface area contributed by atoms with Gasteiger partial charge in [0, 0.05) is 30.2 Å². The molecule has 3 rings (SSSR count). The Morgan fingerprint density at radius 3 is 2.60 bits per heavy atom. The van der Waals surface area contributed by atoms with E-state index in [-0.39, 0.29) is 40.9 Å². The molecule has 3 aromatic rings. The summed E-state index contributed by atoms with van der Waals surface area (Å²) in [4.78, 5) is 12.1. The van der Waals surface area contributed by atoms with E-state index in [1.165, 1.54) is 24.4 Å². The Hall–Kier alpha value is -4.20. The fourth-order valence-electron chi connectivity index (χ4n) is 2.76. The van der Waals surface area contributed by atoms with Gasteiger partial charge in [-0.2, -0.15) is 23.4 Å². The minimum atomic E-state index is -4.58. The van der Waals surface area contributed by atoms with E-state index in [0.717, 1.165) is 12.3 Å². The van der Waals surface area contributed by atoms with E-state index in [4.69, 9.17) is 22.1 Å². The normalized spacial score (nSPS) is 11.0. The van der Waals surface area contributed by atoms with Gasteiger partial charge >= 0.3 is 6.18 Å². The van der Waals surface area contributed by atoms with Crippen molar-refractivity contribution in [3.05, 3.63) is 58.9 Å². The van der Waals surface area contributed by atoms with E-state index in [1.54, 1.807) is 6.07 Å². The minimum Gasteiger partial charge on any atom is -0.398 e. The van der Waals surface area contributed by atoms with Crippen molar-refractivity contribution >= 4 is 23.7 Å². The number of nitriles is 1. The fraction of sp³-hybridized carbons (Fsp3) is 0.105. The number of halogens is 3. The summed E-state index contributed by atoms with van der Waals surface area (Å²) in [6, 6.07) is 8.56. The summed E-state index contributed by atoms with van der Waals surface area (Å²) in [5.74, 6) is 0.0508. The van der Waals surface area contributed by atoms with Gasteiger partial charge in [0.05, 0.1) is 16.8 Å². The van der Waals surface area contributed by atoms with Crippen molar-refractivity contribution in [1.82, 2.24) is 15.0 Å². The smallest absolute Gasteiger partial charge is 0.398 e. The predicted molar refractivity (Wildman–Crippen MR) is 105 cm³/mol. The molecule has 0 fully saturated rings. The van der Waals surface area contributed by atoms with Gasteiger partial charge < -0.3 is 22.2 Å². The third-order valence-corrected chi connectivity index (χ3v) is 4.14. The third kappa shape index (κ3) is 4.27. The van der Waals surface area contributed by atoms with E-state index in [1.807, 2.05) is 6.07 Å². The Morgan fingerprint density at radius 1 is 1.17 bits per heavy atom. The molecule has 0 bridgehead atoms. The summed E-state index contributed by atoms with van der Waals surface area (Å²) in [5.41, 5.74) is 11.4. The van der Waals surface area contributed by atoms with Gasteiger partial charge in [-0.1, -0.05) is 6.07 Å². The van der Waals surface area contributed by atoms with Crippen molar-refractivity contribution < 1.29 is 13.2 Å². The van der Waals surface area contributed by atoms with Crippen LogP contribution in [0, 0.1) is 16.7 Å². The molecule has 2 heterocycles. The van der Waals surface area contributed by atoms with Gasteiger partial charge in [-0.3, -0.25) is 0 Å². The quantitative estimate of drug-likeness (QED) is 0.371. The number of hydrogen-bond donors (Lipinski definition) is 4. The molecule has 0 saturated heterocycles. The van der Waals surface area contributed by atoms with E-state index < -0.39 is 11.7 Å². The molecule has 2 aromatic heterocycles. The molecule has 0 unspecified atom stereocenters. The molecule has 0 aliphatic carbocycles. The van der Waals surface area contributed by atoms with Crippen LogP contribution in [0.4, 0.5) is 30.6 Å². The number of anilines is 3. The molecule has 30 heavy (non-hydrogen) atoms. The average Bonchev–Trinajstić information content (AvgIpc) is 2.71. The lowest BCUT2D eigenvalue weighted by atomic mass is 10.1. The van der Waals surface area contributed by atoms with Crippen molar-refractivity contribution in [2.45, 2.75) is 12.7 Å². The molecule has 8 nitrogen and oxygen atoms in total. The van der Waals surface area contributed by atoms with Crippen LogP contribution in [0.2, 0.25) is 0 Å². The van der Waals surface area contributed by atoms with Gasteiger partial charge in [-0.25, -0.2) is 9.97 Å². The van der Waals surface area contributed by atoms with Crippen molar-refractivity contribution in [1.29, 1.82) is 10.7 Å². The first-order chi connectivity index (χ1) is 14.2. The highest BCUT2D eigenvalue weighted by atomic mass is 19.4. The first-order valence-electron chi connectivity index (χ1n) is 8.47. The van der Waals surface area contributed by atoms with Crippen LogP contribution < -0.4 is 16.8 Å². The molecule has 0 aliphatic rings. The van der Waals surface area contributed by atoms with Crippen LogP contribution in [0.3, 0.4) is 0 Å². The second kappa shape index (κ2) is 8.04. The summed E-state index contributed by atoms with van der Waals surface area (Å²) in [6.45, 7) is -0.0279. The van der Waals surface area contributed by atoms with Gasteiger partial charge in [0.25, 0.3) is 0 Å². The lowest BCUT2D eigenvalue weighted by molar-refractivity contribution is -0.136. The van der Waals surface area contributed by atoms with Crippen LogP contribution in [0.5, 0.6) is 0 Å². The maximum atomic E-state index is 13.1. The summed E-state index contributed by atoms with van der Waals surface area (Å²) >= 11 is 0. The zero-order valence-electron chi connectivity index (χ0n) is 15.3. The molecule has 1 aromatic carbocycles. The van der Waals surface area contributed by atoms with Crippen molar-refractivity contribution in [3.63, 3.8) is 0 Å². The molecule has 0 amide bonds.